The van der Waals surface area contributed by atoms with Crippen LogP contribution >= 0.6 is 0 Å². The number of hydrogen-bond donors (Lipinski definition) is 5. The summed E-state index contributed by atoms with van der Waals surface area (Å²) in [5.74, 6) is -1.64. The Morgan fingerprint density at radius 1 is 1.04 bits per heavy atom. The average Bonchev–Trinajstić information content (AvgIpc) is 2.51. The van der Waals surface area contributed by atoms with E-state index >= 15 is 0 Å². The minimum absolute atomic E-state index is 0.163. The van der Waals surface area contributed by atoms with Gasteiger partial charge in [0, 0.05) is 0 Å². The van der Waals surface area contributed by atoms with E-state index in [-0.39, 0.29) is 11.9 Å². The fraction of sp³-hybridized carbons (Fsp3) is 0.0909. The van der Waals surface area contributed by atoms with Gasteiger partial charge in [-0.3, -0.25) is 13.9 Å². The topological polar surface area (TPSA) is 209 Å². The smallest absolute Gasteiger partial charge is 0.322 e. The van der Waals surface area contributed by atoms with Crippen molar-refractivity contribution in [1.82, 2.24) is 15.0 Å². The van der Waals surface area contributed by atoms with Crippen molar-refractivity contribution in [2.75, 3.05) is 17.2 Å². The van der Waals surface area contributed by atoms with Crippen LogP contribution < -0.4 is 10.6 Å². The molecule has 140 valence electrons. The molecule has 0 atom stereocenters. The maximum Gasteiger partial charge on any atom is 0.322 e. The lowest BCUT2D eigenvalue weighted by Gasteiger charge is -2.11. The first-order valence-electron chi connectivity index (χ1n) is 6.47. The van der Waals surface area contributed by atoms with E-state index in [1.807, 2.05) is 0 Å². The van der Waals surface area contributed by atoms with Crippen LogP contribution in [0.4, 0.5) is 17.6 Å². The van der Waals surface area contributed by atoms with Gasteiger partial charge in [0.1, 0.15) is 17.8 Å². The Bertz CT molecular complexity index is 1050. The Morgan fingerprint density at radius 2 is 1.69 bits per heavy atom. The number of benzene rings is 1. The standard InChI is InChI=1S/C11H11N5O8S2/c17-9(18)4-12-10-13-5-14-11(16-10)15-7-3-6(25(19,20)21)1-2-8(7)26(22,23)24/h1-3,5H,4H2,(H,17,18)(H,19,20,21)(H,22,23,24)(H2,12,13,14,15,16). The molecule has 1 aromatic heterocycles. The van der Waals surface area contributed by atoms with E-state index in [0.717, 1.165) is 24.5 Å². The van der Waals surface area contributed by atoms with Crippen LogP contribution in [0.2, 0.25) is 0 Å². The number of hydrogen-bond acceptors (Lipinski definition) is 10. The highest BCUT2D eigenvalue weighted by molar-refractivity contribution is 7.86. The van der Waals surface area contributed by atoms with Gasteiger partial charge in [-0.2, -0.15) is 21.8 Å². The number of anilines is 3. The maximum absolute atomic E-state index is 11.4. The van der Waals surface area contributed by atoms with Crippen molar-refractivity contribution in [3.8, 4) is 0 Å². The van der Waals surface area contributed by atoms with Gasteiger partial charge in [-0.1, -0.05) is 0 Å². The lowest BCUT2D eigenvalue weighted by atomic mass is 10.3. The molecular formula is C11H11N5O8S2. The van der Waals surface area contributed by atoms with E-state index in [1.165, 1.54) is 0 Å². The summed E-state index contributed by atoms with van der Waals surface area (Å²) < 4.78 is 63.6. The lowest BCUT2D eigenvalue weighted by Crippen LogP contribution is -2.15. The Labute approximate surface area is 146 Å². The largest absolute Gasteiger partial charge is 0.480 e. The Kier molecular flexibility index (Phi) is 5.36. The van der Waals surface area contributed by atoms with E-state index < -0.39 is 48.2 Å². The molecule has 0 aliphatic heterocycles. The molecule has 0 amide bonds. The summed E-state index contributed by atoms with van der Waals surface area (Å²) >= 11 is 0. The number of carboxylic acid groups (broad SMARTS) is 1. The van der Waals surface area contributed by atoms with Gasteiger partial charge < -0.3 is 15.7 Å². The number of aliphatic carboxylic acids is 1. The summed E-state index contributed by atoms with van der Waals surface area (Å²) in [6.07, 6.45) is 0.972. The summed E-state index contributed by atoms with van der Waals surface area (Å²) in [4.78, 5) is 20.2. The molecule has 5 N–H and O–H groups in total. The molecule has 1 heterocycles. The van der Waals surface area contributed by atoms with E-state index in [0.29, 0.717) is 0 Å². The van der Waals surface area contributed by atoms with Crippen LogP contribution in [0.3, 0.4) is 0 Å². The predicted molar refractivity (Wildman–Crippen MR) is 85.3 cm³/mol. The third-order valence-electron chi connectivity index (χ3n) is 2.74. The molecule has 1 aromatic carbocycles. The first kappa shape index (κ1) is 19.4. The van der Waals surface area contributed by atoms with Gasteiger partial charge in [-0.05, 0) is 18.2 Å². The highest BCUT2D eigenvalue weighted by Gasteiger charge is 2.20. The molecule has 0 spiro atoms. The van der Waals surface area contributed by atoms with Crippen LogP contribution in [0.5, 0.6) is 0 Å². The zero-order valence-electron chi connectivity index (χ0n) is 12.6. The molecular weight excluding hydrogens is 394 g/mol. The van der Waals surface area contributed by atoms with Crippen molar-refractivity contribution in [2.45, 2.75) is 9.79 Å². The predicted octanol–water partition coefficient (Wildman–Crippen LogP) is -0.395. The van der Waals surface area contributed by atoms with Gasteiger partial charge in [0.15, 0.2) is 0 Å². The second kappa shape index (κ2) is 7.16. The van der Waals surface area contributed by atoms with Gasteiger partial charge in [0.05, 0.1) is 10.6 Å². The molecule has 0 unspecified atom stereocenters. The number of nitrogens with zero attached hydrogens (tertiary/aromatic N) is 3. The summed E-state index contributed by atoms with van der Waals surface area (Å²) in [6.45, 7) is -0.502. The van der Waals surface area contributed by atoms with Crippen molar-refractivity contribution in [3.05, 3.63) is 24.5 Å². The third-order valence-corrected chi connectivity index (χ3v) is 4.50. The van der Waals surface area contributed by atoms with Crippen molar-refractivity contribution >= 4 is 43.8 Å². The zero-order valence-corrected chi connectivity index (χ0v) is 14.2. The van der Waals surface area contributed by atoms with Gasteiger partial charge in [-0.15, -0.1) is 0 Å². The van der Waals surface area contributed by atoms with Crippen LogP contribution in [-0.4, -0.2) is 58.5 Å². The molecule has 13 nitrogen and oxygen atoms in total. The minimum Gasteiger partial charge on any atom is -0.480 e. The first-order chi connectivity index (χ1) is 12.0. The number of carbonyl (C=O) groups is 1. The van der Waals surface area contributed by atoms with Gasteiger partial charge in [0.25, 0.3) is 20.2 Å². The summed E-state index contributed by atoms with van der Waals surface area (Å²) in [6, 6.07) is 2.27. The van der Waals surface area contributed by atoms with Gasteiger partial charge in [0.2, 0.25) is 11.9 Å². The van der Waals surface area contributed by atoms with Gasteiger partial charge >= 0.3 is 5.97 Å². The second-order valence-corrected chi connectivity index (χ2v) is 7.42. The number of nitrogens with one attached hydrogen (secondary N) is 2. The van der Waals surface area contributed by atoms with Crippen molar-refractivity contribution < 1.29 is 35.8 Å². The number of aromatic nitrogens is 3. The van der Waals surface area contributed by atoms with Crippen LogP contribution in [0.15, 0.2) is 34.3 Å². The molecule has 26 heavy (non-hydrogen) atoms. The Hall–Kier alpha value is -2.88. The van der Waals surface area contributed by atoms with Crippen molar-refractivity contribution in [1.29, 1.82) is 0 Å². The quantitative estimate of drug-likeness (QED) is 0.372. The van der Waals surface area contributed by atoms with Crippen molar-refractivity contribution in [2.24, 2.45) is 0 Å². The summed E-state index contributed by atoms with van der Waals surface area (Å²) in [5.41, 5.74) is -0.446. The van der Waals surface area contributed by atoms with Crippen molar-refractivity contribution in [3.63, 3.8) is 0 Å². The van der Waals surface area contributed by atoms with Crippen LogP contribution in [-0.2, 0) is 25.0 Å². The van der Waals surface area contributed by atoms with Crippen LogP contribution in [0.25, 0.3) is 0 Å². The summed E-state index contributed by atoms with van der Waals surface area (Å²) in [5, 5.41) is 13.3. The Morgan fingerprint density at radius 3 is 2.27 bits per heavy atom. The lowest BCUT2D eigenvalue weighted by molar-refractivity contribution is -0.134. The SMILES string of the molecule is O=C(O)CNc1ncnc(Nc2cc(S(=O)(=O)O)ccc2S(=O)(=O)O)n1. The summed E-state index contributed by atoms with van der Waals surface area (Å²) in [7, 11) is -9.40. The van der Waals surface area contributed by atoms with E-state index in [2.05, 4.69) is 25.6 Å². The highest BCUT2D eigenvalue weighted by atomic mass is 32.2. The fourth-order valence-electron chi connectivity index (χ4n) is 1.71. The van der Waals surface area contributed by atoms with E-state index in [4.69, 9.17) is 9.66 Å². The molecule has 0 saturated heterocycles. The maximum atomic E-state index is 11.4. The van der Waals surface area contributed by atoms with Crippen LogP contribution in [0, 0.1) is 0 Å². The molecule has 0 bridgehead atoms. The Balaban J connectivity index is 2.44. The third kappa shape index (κ3) is 5.06. The minimum atomic E-state index is -4.75. The van der Waals surface area contributed by atoms with Crippen LogP contribution in [0.1, 0.15) is 0 Å². The molecule has 0 aliphatic carbocycles. The zero-order chi connectivity index (χ0) is 19.5. The molecule has 15 heteroatoms. The molecule has 0 radical (unpaired) electrons. The second-order valence-electron chi connectivity index (χ2n) is 4.61. The first-order valence-corrected chi connectivity index (χ1v) is 9.35. The monoisotopic (exact) mass is 405 g/mol. The molecule has 2 rings (SSSR count). The van der Waals surface area contributed by atoms with Gasteiger partial charge in [-0.25, -0.2) is 9.97 Å². The average molecular weight is 405 g/mol. The highest BCUT2D eigenvalue weighted by Crippen LogP contribution is 2.27. The molecule has 0 aliphatic rings. The molecule has 2 aromatic rings. The number of carboxylic acids is 1. The molecule has 0 fully saturated rings. The fourth-order valence-corrected chi connectivity index (χ4v) is 2.84. The normalized spacial score (nSPS) is 11.8. The molecule has 0 saturated carbocycles. The van der Waals surface area contributed by atoms with E-state index in [9.17, 15) is 26.2 Å². The van der Waals surface area contributed by atoms with E-state index in [1.54, 1.807) is 0 Å². The number of rotatable bonds is 7.